The van der Waals surface area contributed by atoms with Crippen molar-refractivity contribution in [3.05, 3.63) is 81.3 Å². The number of alkyl halides is 1. The normalized spacial score (nSPS) is 21.2. The van der Waals surface area contributed by atoms with Crippen LogP contribution in [0.15, 0.2) is 64.7 Å². The van der Waals surface area contributed by atoms with Crippen molar-refractivity contribution in [2.24, 2.45) is 0 Å². The quantitative estimate of drug-likeness (QED) is 0.650. The minimum absolute atomic E-state index is 0.0174. The van der Waals surface area contributed by atoms with Gasteiger partial charge in [-0.05, 0) is 48.2 Å². The first kappa shape index (κ1) is 17.6. The molecule has 0 spiro atoms. The molecule has 0 bridgehead atoms. The Kier molecular flexibility index (Phi) is 4.80. The molecular formula is C22H21BrFNO. The van der Waals surface area contributed by atoms with Crippen LogP contribution in [0.25, 0.3) is 0 Å². The van der Waals surface area contributed by atoms with Crippen LogP contribution in [0.4, 0.5) is 4.39 Å². The highest BCUT2D eigenvalue weighted by atomic mass is 79.9. The van der Waals surface area contributed by atoms with Crippen LogP contribution in [0, 0.1) is 0 Å². The average Bonchev–Trinajstić information content (AvgIpc) is 2.93. The molecule has 1 fully saturated rings. The van der Waals surface area contributed by atoms with Crippen LogP contribution in [0.2, 0.25) is 0 Å². The zero-order valence-corrected chi connectivity index (χ0v) is 16.1. The van der Waals surface area contributed by atoms with Gasteiger partial charge < -0.3 is 0 Å². The fraction of sp³-hybridized carbons (Fsp3) is 0.318. The third kappa shape index (κ3) is 3.67. The molecule has 4 heteroatoms. The van der Waals surface area contributed by atoms with Gasteiger partial charge in [-0.2, -0.15) is 0 Å². The van der Waals surface area contributed by atoms with Crippen LogP contribution in [-0.4, -0.2) is 29.4 Å². The number of nitrogens with zero attached hydrogens (tertiary/aromatic N) is 1. The molecule has 2 aliphatic rings. The lowest BCUT2D eigenvalue weighted by Gasteiger charge is -2.35. The number of hydrogen-bond acceptors (Lipinski definition) is 2. The molecule has 1 aliphatic carbocycles. The van der Waals surface area contributed by atoms with Crippen molar-refractivity contribution in [3.63, 3.8) is 0 Å². The minimum Gasteiger partial charge on any atom is -0.299 e. The Hall–Kier alpha value is -1.78. The molecular weight excluding hydrogens is 393 g/mol. The van der Waals surface area contributed by atoms with Gasteiger partial charge in [0.1, 0.15) is 5.67 Å². The predicted molar refractivity (Wildman–Crippen MR) is 105 cm³/mol. The van der Waals surface area contributed by atoms with Crippen molar-refractivity contribution >= 4 is 21.7 Å². The number of likely N-dealkylation sites (tertiary alicyclic amines) is 1. The lowest BCUT2D eigenvalue weighted by molar-refractivity contribution is 0.0902. The summed E-state index contributed by atoms with van der Waals surface area (Å²) in [7, 11) is 0. The fourth-order valence-electron chi connectivity index (χ4n) is 3.89. The maximum absolute atomic E-state index is 15.3. The van der Waals surface area contributed by atoms with Crippen LogP contribution in [0.5, 0.6) is 0 Å². The number of benzene rings is 2. The number of hydrogen-bond donors (Lipinski definition) is 0. The van der Waals surface area contributed by atoms with Crippen LogP contribution in [0.3, 0.4) is 0 Å². The first-order valence-electron chi connectivity index (χ1n) is 9.02. The summed E-state index contributed by atoms with van der Waals surface area (Å²) in [6.07, 6.45) is 3.03. The predicted octanol–water partition coefficient (Wildman–Crippen LogP) is 5.12. The minimum atomic E-state index is -1.38. The van der Waals surface area contributed by atoms with E-state index in [4.69, 9.17) is 0 Å². The summed E-state index contributed by atoms with van der Waals surface area (Å²) < 4.78 is 16.3. The van der Waals surface area contributed by atoms with E-state index >= 15 is 4.39 Å². The van der Waals surface area contributed by atoms with E-state index in [9.17, 15) is 4.79 Å². The second-order valence-electron chi connectivity index (χ2n) is 7.27. The van der Waals surface area contributed by atoms with Gasteiger partial charge in [0.2, 0.25) is 0 Å². The molecule has 0 radical (unpaired) electrons. The molecule has 1 saturated heterocycles. The SMILES string of the molecule is O=C1C(=CC2(F)CCN(Cc3ccccc3)CC2)Cc2cc(Br)ccc21. The molecule has 1 heterocycles. The molecule has 2 nitrogen and oxygen atoms in total. The van der Waals surface area contributed by atoms with Crippen molar-refractivity contribution < 1.29 is 9.18 Å². The molecule has 0 amide bonds. The number of carbonyl (C=O) groups is 1. The van der Waals surface area contributed by atoms with Crippen molar-refractivity contribution in [1.29, 1.82) is 0 Å². The van der Waals surface area contributed by atoms with Gasteiger partial charge in [-0.25, -0.2) is 4.39 Å². The third-order valence-electron chi connectivity index (χ3n) is 5.35. The van der Waals surface area contributed by atoms with Crippen molar-refractivity contribution in [2.45, 2.75) is 31.5 Å². The van der Waals surface area contributed by atoms with E-state index in [0.717, 1.165) is 16.6 Å². The zero-order valence-electron chi connectivity index (χ0n) is 14.6. The van der Waals surface area contributed by atoms with E-state index in [1.165, 1.54) is 5.56 Å². The van der Waals surface area contributed by atoms with Gasteiger partial charge in [0, 0.05) is 41.7 Å². The molecule has 0 saturated carbocycles. The lowest BCUT2D eigenvalue weighted by atomic mass is 9.90. The molecule has 4 rings (SSSR count). The lowest BCUT2D eigenvalue weighted by Crippen LogP contribution is -2.40. The van der Waals surface area contributed by atoms with Gasteiger partial charge in [-0.1, -0.05) is 46.3 Å². The maximum atomic E-state index is 15.3. The number of piperidine rings is 1. The number of halogens is 2. The van der Waals surface area contributed by atoms with E-state index in [2.05, 4.69) is 33.0 Å². The molecule has 0 N–H and O–H groups in total. The Morgan fingerprint density at radius 2 is 1.85 bits per heavy atom. The number of allylic oxidation sites excluding steroid dienone is 2. The summed E-state index contributed by atoms with van der Waals surface area (Å²) in [5.74, 6) is -0.0174. The number of rotatable bonds is 3. The molecule has 26 heavy (non-hydrogen) atoms. The monoisotopic (exact) mass is 413 g/mol. The number of Topliss-reactive ketones (excluding diaryl/α,β-unsaturated/α-hetero) is 1. The average molecular weight is 414 g/mol. The van der Waals surface area contributed by atoms with E-state index < -0.39 is 5.67 Å². The zero-order chi connectivity index (χ0) is 18.1. The summed E-state index contributed by atoms with van der Waals surface area (Å²) in [4.78, 5) is 14.9. The van der Waals surface area contributed by atoms with Crippen LogP contribution in [0.1, 0.15) is 34.3 Å². The molecule has 0 unspecified atom stereocenters. The molecule has 2 aromatic rings. The molecule has 134 valence electrons. The van der Waals surface area contributed by atoms with Gasteiger partial charge in [0.05, 0.1) is 0 Å². The largest absolute Gasteiger partial charge is 0.299 e. The number of carbonyl (C=O) groups excluding carboxylic acids is 1. The first-order chi connectivity index (χ1) is 12.5. The summed E-state index contributed by atoms with van der Waals surface area (Å²) in [5.41, 5.74) is 2.18. The Labute approximate surface area is 161 Å². The van der Waals surface area contributed by atoms with Gasteiger partial charge in [-0.15, -0.1) is 0 Å². The van der Waals surface area contributed by atoms with Gasteiger partial charge >= 0.3 is 0 Å². The topological polar surface area (TPSA) is 20.3 Å². The second kappa shape index (κ2) is 7.09. The van der Waals surface area contributed by atoms with Gasteiger partial charge in [-0.3, -0.25) is 9.69 Å². The van der Waals surface area contributed by atoms with Crippen molar-refractivity contribution in [2.75, 3.05) is 13.1 Å². The summed E-state index contributed by atoms with van der Waals surface area (Å²) in [6, 6.07) is 15.9. The van der Waals surface area contributed by atoms with E-state index in [0.29, 0.717) is 43.5 Å². The number of fused-ring (bicyclic) bond motifs is 1. The van der Waals surface area contributed by atoms with Crippen LogP contribution in [-0.2, 0) is 13.0 Å². The smallest absolute Gasteiger partial charge is 0.189 e. The Balaban J connectivity index is 1.43. The summed E-state index contributed by atoms with van der Waals surface area (Å²) >= 11 is 3.44. The molecule has 0 atom stereocenters. The van der Waals surface area contributed by atoms with E-state index in [1.807, 2.05) is 36.4 Å². The Bertz CT molecular complexity index is 854. The Morgan fingerprint density at radius 3 is 2.58 bits per heavy atom. The highest BCUT2D eigenvalue weighted by molar-refractivity contribution is 9.10. The highest BCUT2D eigenvalue weighted by Crippen LogP contribution is 2.35. The van der Waals surface area contributed by atoms with E-state index in [-0.39, 0.29) is 5.78 Å². The van der Waals surface area contributed by atoms with Gasteiger partial charge in [0.15, 0.2) is 5.78 Å². The maximum Gasteiger partial charge on any atom is 0.189 e. The highest BCUT2D eigenvalue weighted by Gasteiger charge is 2.35. The van der Waals surface area contributed by atoms with Gasteiger partial charge in [0.25, 0.3) is 0 Å². The first-order valence-corrected chi connectivity index (χ1v) is 9.82. The molecule has 2 aromatic carbocycles. The fourth-order valence-corrected chi connectivity index (χ4v) is 4.29. The second-order valence-corrected chi connectivity index (χ2v) is 8.19. The van der Waals surface area contributed by atoms with Crippen molar-refractivity contribution in [1.82, 2.24) is 4.90 Å². The van der Waals surface area contributed by atoms with E-state index in [1.54, 1.807) is 6.08 Å². The molecule has 1 aliphatic heterocycles. The van der Waals surface area contributed by atoms with Crippen LogP contribution < -0.4 is 0 Å². The number of ketones is 1. The Morgan fingerprint density at radius 1 is 1.12 bits per heavy atom. The molecule has 0 aromatic heterocycles. The standard InChI is InChI=1S/C22H21BrFNO/c23-19-6-7-20-17(13-19)12-18(21(20)26)14-22(24)8-10-25(11-9-22)15-16-4-2-1-3-5-16/h1-7,13-14H,8-12,15H2. The van der Waals surface area contributed by atoms with Crippen molar-refractivity contribution in [3.8, 4) is 0 Å². The summed E-state index contributed by atoms with van der Waals surface area (Å²) in [5, 5.41) is 0. The third-order valence-corrected chi connectivity index (χ3v) is 5.85. The van der Waals surface area contributed by atoms with Crippen LogP contribution >= 0.6 is 15.9 Å². The summed E-state index contributed by atoms with van der Waals surface area (Å²) in [6.45, 7) is 2.27.